The Balaban J connectivity index is 1.52. The number of hydrogen-bond acceptors (Lipinski definition) is 3. The zero-order valence-electron chi connectivity index (χ0n) is 20.8. The number of nitrogens with zero attached hydrogens (tertiary/aromatic N) is 2. The van der Waals surface area contributed by atoms with E-state index < -0.39 is 0 Å². The molecule has 1 heterocycles. The summed E-state index contributed by atoms with van der Waals surface area (Å²) in [5.74, 6) is 0. The van der Waals surface area contributed by atoms with Gasteiger partial charge in [0.1, 0.15) is 6.61 Å². The largest absolute Gasteiger partial charge is 0.445 e. The van der Waals surface area contributed by atoms with Gasteiger partial charge < -0.3 is 14.5 Å². The summed E-state index contributed by atoms with van der Waals surface area (Å²) in [5, 5.41) is 0. The Labute approximate surface area is 238 Å². The van der Waals surface area contributed by atoms with E-state index in [1.165, 1.54) is 26.4 Å². The summed E-state index contributed by atoms with van der Waals surface area (Å²) in [6, 6.07) is 19.3. The van der Waals surface area contributed by atoms with Crippen molar-refractivity contribution in [3.8, 4) is 0 Å². The van der Waals surface area contributed by atoms with Crippen LogP contribution in [0, 0.1) is 3.57 Å². The van der Waals surface area contributed by atoms with Crippen LogP contribution < -0.4 is 0 Å². The normalized spacial score (nSPS) is 16.4. The Bertz CT molecular complexity index is 914. The van der Waals surface area contributed by atoms with Crippen LogP contribution in [-0.4, -0.2) is 52.5 Å². The molecule has 2 aromatic carbocycles. The Kier molecular flexibility index (Phi) is 11.8. The van der Waals surface area contributed by atoms with Gasteiger partial charge in [-0.3, -0.25) is 0 Å². The fourth-order valence-corrected chi connectivity index (χ4v) is 5.63. The molecule has 0 spiro atoms. The van der Waals surface area contributed by atoms with Gasteiger partial charge in [0.05, 0.1) is 0 Å². The molecule has 1 aliphatic heterocycles. The van der Waals surface area contributed by atoms with E-state index in [4.69, 9.17) is 4.74 Å². The molecule has 3 rings (SSSR count). The first-order valence-electron chi connectivity index (χ1n) is 12.6. The van der Waals surface area contributed by atoms with Gasteiger partial charge in [0.15, 0.2) is 0 Å². The Morgan fingerprint density at radius 2 is 1.83 bits per heavy atom. The van der Waals surface area contributed by atoms with Crippen molar-refractivity contribution in [2.24, 2.45) is 0 Å². The van der Waals surface area contributed by atoms with E-state index in [2.05, 4.69) is 93.9 Å². The molecule has 35 heavy (non-hydrogen) atoms. The van der Waals surface area contributed by atoms with Crippen LogP contribution in [0.25, 0.3) is 0 Å². The highest BCUT2D eigenvalue weighted by atomic mass is 127. The van der Waals surface area contributed by atoms with Gasteiger partial charge in [0.25, 0.3) is 0 Å². The van der Waals surface area contributed by atoms with Gasteiger partial charge in [-0.1, -0.05) is 78.1 Å². The van der Waals surface area contributed by atoms with E-state index in [0.29, 0.717) is 13.2 Å². The van der Waals surface area contributed by atoms with E-state index in [0.717, 1.165) is 44.5 Å². The molecule has 1 amide bonds. The Hall–Kier alpha value is -1.13. The molecule has 1 aliphatic rings. The molecule has 0 saturated carbocycles. The van der Waals surface area contributed by atoms with Crippen molar-refractivity contribution in [2.75, 3.05) is 30.6 Å². The summed E-state index contributed by atoms with van der Waals surface area (Å²) >= 11 is 4.77. The highest BCUT2D eigenvalue weighted by Gasteiger charge is 2.31. The van der Waals surface area contributed by atoms with E-state index in [9.17, 15) is 4.79 Å². The average Bonchev–Trinajstić information content (AvgIpc) is 2.90. The lowest BCUT2D eigenvalue weighted by Gasteiger charge is -2.39. The number of amides is 1. The Morgan fingerprint density at radius 3 is 2.46 bits per heavy atom. The van der Waals surface area contributed by atoms with Crippen molar-refractivity contribution in [1.82, 2.24) is 9.80 Å². The molecule has 1 saturated heterocycles. The fourth-order valence-electron chi connectivity index (χ4n) is 4.89. The minimum Gasteiger partial charge on any atom is -0.445 e. The number of ether oxygens (including phenoxy) is 1. The number of carbonyl (C=O) groups excluding carboxylic acids is 1. The molecule has 0 N–H and O–H groups in total. The summed E-state index contributed by atoms with van der Waals surface area (Å²) in [5.41, 5.74) is 2.67. The van der Waals surface area contributed by atoms with E-state index >= 15 is 0 Å². The van der Waals surface area contributed by atoms with Crippen molar-refractivity contribution >= 4 is 51.3 Å². The third kappa shape index (κ3) is 8.74. The molecule has 0 aliphatic carbocycles. The fraction of sp³-hybridized carbons (Fsp3) is 0.483. The van der Waals surface area contributed by atoms with Gasteiger partial charge >= 0.3 is 6.09 Å². The van der Waals surface area contributed by atoms with E-state index in [1.54, 1.807) is 6.08 Å². The van der Waals surface area contributed by atoms with Crippen molar-refractivity contribution in [3.63, 3.8) is 0 Å². The standard InChI is InChI=1S/C29H38I2N2O2/c1-3-19-33(28(34)35-23-24-10-12-26(31)13-11-24)27-14-20-32(21-15-27)22-17-29(2,16-7-18-30)25-8-5-4-6-9-25/h3-6,8-13,27H,1,7,14-23H2,2H3. The smallest absolute Gasteiger partial charge is 0.410 e. The maximum Gasteiger partial charge on any atom is 0.410 e. The summed E-state index contributed by atoms with van der Waals surface area (Å²) in [6.45, 7) is 10.2. The van der Waals surface area contributed by atoms with Crippen LogP contribution in [0.1, 0.15) is 50.2 Å². The van der Waals surface area contributed by atoms with Crippen LogP contribution >= 0.6 is 45.2 Å². The predicted molar refractivity (Wildman–Crippen MR) is 162 cm³/mol. The van der Waals surface area contributed by atoms with Crippen LogP contribution in [0.15, 0.2) is 67.3 Å². The van der Waals surface area contributed by atoms with Gasteiger partial charge in [0.2, 0.25) is 0 Å². The first kappa shape index (κ1) is 28.4. The lowest BCUT2D eigenvalue weighted by atomic mass is 9.76. The minimum atomic E-state index is -0.239. The average molecular weight is 700 g/mol. The highest BCUT2D eigenvalue weighted by molar-refractivity contribution is 14.1. The molecule has 0 aromatic heterocycles. The zero-order chi connectivity index (χ0) is 25.1. The van der Waals surface area contributed by atoms with Crippen molar-refractivity contribution in [3.05, 3.63) is 81.9 Å². The van der Waals surface area contributed by atoms with E-state index in [-0.39, 0.29) is 17.6 Å². The Morgan fingerprint density at radius 1 is 1.14 bits per heavy atom. The second kappa shape index (κ2) is 14.6. The monoisotopic (exact) mass is 700 g/mol. The molecule has 1 unspecified atom stereocenters. The molecule has 1 atom stereocenters. The second-order valence-electron chi connectivity index (χ2n) is 9.66. The summed E-state index contributed by atoms with van der Waals surface area (Å²) in [4.78, 5) is 17.3. The maximum absolute atomic E-state index is 12.9. The molecule has 6 heteroatoms. The van der Waals surface area contributed by atoms with Crippen molar-refractivity contribution in [1.29, 1.82) is 0 Å². The van der Waals surface area contributed by atoms with Gasteiger partial charge in [-0.25, -0.2) is 4.79 Å². The quantitative estimate of drug-likeness (QED) is 0.131. The summed E-state index contributed by atoms with van der Waals surface area (Å²) < 4.78 is 8.04. The molecule has 4 nitrogen and oxygen atoms in total. The number of likely N-dealkylation sites (tertiary alicyclic amines) is 1. The van der Waals surface area contributed by atoms with E-state index in [1.807, 2.05) is 29.2 Å². The third-order valence-corrected chi connectivity index (χ3v) is 8.63. The van der Waals surface area contributed by atoms with Gasteiger partial charge in [-0.2, -0.15) is 0 Å². The minimum absolute atomic E-state index is 0.202. The number of piperidine rings is 1. The number of rotatable bonds is 12. The van der Waals surface area contributed by atoms with Crippen LogP contribution in [0.4, 0.5) is 4.79 Å². The van der Waals surface area contributed by atoms with Crippen molar-refractivity contribution in [2.45, 2.75) is 57.1 Å². The van der Waals surface area contributed by atoms with Gasteiger partial charge in [-0.15, -0.1) is 6.58 Å². The molecule has 0 radical (unpaired) electrons. The number of hydrogen-bond donors (Lipinski definition) is 0. The predicted octanol–water partition coefficient (Wildman–Crippen LogP) is 7.44. The van der Waals surface area contributed by atoms with Gasteiger partial charge in [0, 0.05) is 29.2 Å². The third-order valence-electron chi connectivity index (χ3n) is 7.15. The molecular formula is C29H38I2N2O2. The lowest BCUT2D eigenvalue weighted by molar-refractivity contribution is 0.0647. The first-order valence-corrected chi connectivity index (χ1v) is 15.2. The number of benzene rings is 2. The number of carbonyl (C=O) groups is 1. The zero-order valence-corrected chi connectivity index (χ0v) is 25.1. The molecule has 2 aromatic rings. The summed E-state index contributed by atoms with van der Waals surface area (Å²) in [6.07, 6.45) is 7.14. The van der Waals surface area contributed by atoms with Crippen LogP contribution in [0.3, 0.4) is 0 Å². The molecule has 190 valence electrons. The van der Waals surface area contributed by atoms with Crippen LogP contribution in [0.2, 0.25) is 0 Å². The topological polar surface area (TPSA) is 32.8 Å². The second-order valence-corrected chi connectivity index (χ2v) is 12.0. The highest BCUT2D eigenvalue weighted by Crippen LogP contribution is 2.33. The molecular weight excluding hydrogens is 662 g/mol. The van der Waals surface area contributed by atoms with Crippen molar-refractivity contribution < 1.29 is 9.53 Å². The summed E-state index contributed by atoms with van der Waals surface area (Å²) in [7, 11) is 0. The molecule has 0 bridgehead atoms. The van der Waals surface area contributed by atoms with Gasteiger partial charge in [-0.05, 0) is 94.3 Å². The maximum atomic E-state index is 12.9. The van der Waals surface area contributed by atoms with Crippen LogP contribution in [0.5, 0.6) is 0 Å². The number of halogens is 2. The van der Waals surface area contributed by atoms with Crippen LogP contribution in [-0.2, 0) is 16.8 Å². The number of alkyl halides is 1. The SMILES string of the molecule is C=CCN(C(=O)OCc1ccc(I)cc1)C1CCN(CCC(C)(CCCI)c2ccccc2)CC1. The lowest BCUT2D eigenvalue weighted by Crippen LogP contribution is -2.48. The molecule has 1 fully saturated rings. The first-order chi connectivity index (χ1) is 16.9.